The summed E-state index contributed by atoms with van der Waals surface area (Å²) in [6.45, 7) is 13.2. The first-order chi connectivity index (χ1) is 60.1. The highest BCUT2D eigenvalue weighted by Crippen LogP contribution is 2.55. The van der Waals surface area contributed by atoms with Gasteiger partial charge in [-0.2, -0.15) is 0 Å². The van der Waals surface area contributed by atoms with E-state index in [4.69, 9.17) is 71.6 Å². The molecular formula is C111H73B9N2O2. The number of furan rings is 2. The fourth-order valence-corrected chi connectivity index (χ4v) is 19.9. The van der Waals surface area contributed by atoms with Gasteiger partial charge in [0.15, 0.2) is 0 Å². The number of fused-ring (bicyclic) bond motifs is 13. The lowest BCUT2D eigenvalue weighted by Gasteiger charge is -2.45. The molecule has 20 aromatic rings. The third kappa shape index (κ3) is 12.2. The summed E-state index contributed by atoms with van der Waals surface area (Å²) in [5, 5.41) is 4.99. The maximum Gasteiger partial charge on any atom is 0.247 e. The molecule has 2 aliphatic heterocycles. The van der Waals surface area contributed by atoms with Gasteiger partial charge in [0.1, 0.15) is 85.1 Å². The van der Waals surface area contributed by atoms with Crippen LogP contribution in [-0.4, -0.2) is 74.1 Å². The summed E-state index contributed by atoms with van der Waals surface area (Å²) in [4.78, 5) is 2.65. The Kier molecular flexibility index (Phi) is 18.0. The van der Waals surface area contributed by atoms with Crippen LogP contribution in [0.4, 0.5) is 17.1 Å². The minimum atomic E-state index is -0.625. The van der Waals surface area contributed by atoms with E-state index in [0.717, 1.165) is 183 Å². The molecule has 0 N–H and O–H groups in total. The van der Waals surface area contributed by atoms with Gasteiger partial charge in [0.05, 0.1) is 5.69 Å². The Morgan fingerprint density at radius 1 is 0.282 bits per heavy atom. The summed E-state index contributed by atoms with van der Waals surface area (Å²) in [7, 11) is 57.5. The SMILES string of the molecule is [B]c1c([B])c([B])c2c(c1[B])c1c([B])c([B])c([B])c([B])c1n2-c1ccc2c(c1)C(c1c(-c3ccccc3)cc(-c3ccc(C(C)(C)C)cc3)cc1-c1ccccc1)c1cc(-c3ccc4oc5ccccc5c4c3)cc3c1B2c1ccc(-c2ccc4oc5ccccc5c4c2)cc1N3c1c(-c2ccccc2)cc(-c2ccc(C(C)(C)C)cc2)cc1-c1ccccc1. The highest BCUT2D eigenvalue weighted by atomic mass is 16.3. The van der Waals surface area contributed by atoms with Crippen LogP contribution in [-0.2, 0) is 10.8 Å². The average molecular weight is 1560 g/mol. The second kappa shape index (κ2) is 29.1. The van der Waals surface area contributed by atoms with Crippen molar-refractivity contribution in [3.63, 3.8) is 0 Å². The molecule has 3 aromatic heterocycles. The van der Waals surface area contributed by atoms with E-state index in [1.54, 1.807) is 0 Å². The molecule has 13 heteroatoms. The van der Waals surface area contributed by atoms with E-state index in [-0.39, 0.29) is 54.5 Å². The molecular weight excluding hydrogens is 1490 g/mol. The van der Waals surface area contributed by atoms with Gasteiger partial charge in [0, 0.05) is 66.7 Å². The minimum absolute atomic E-state index is 0.0696. The number of hydrogen-bond donors (Lipinski definition) is 0. The number of aromatic nitrogens is 1. The Bertz CT molecular complexity index is 7640. The molecule has 16 radical (unpaired) electrons. The number of nitrogens with zero attached hydrogens (tertiary/aromatic N) is 2. The molecule has 17 aromatic carbocycles. The van der Waals surface area contributed by atoms with Crippen molar-refractivity contribution in [2.24, 2.45) is 0 Å². The van der Waals surface area contributed by atoms with Crippen LogP contribution in [0.25, 0.3) is 160 Å². The number of rotatable bonds is 11. The molecule has 2 aliphatic rings. The van der Waals surface area contributed by atoms with Crippen LogP contribution in [0.1, 0.15) is 75.3 Å². The molecule has 22 rings (SSSR count). The molecule has 1 atom stereocenters. The number of para-hydroxylation sites is 2. The molecule has 0 bridgehead atoms. The van der Waals surface area contributed by atoms with Gasteiger partial charge in [0.25, 0.3) is 0 Å². The Balaban J connectivity index is 0.935. The van der Waals surface area contributed by atoms with Crippen molar-refractivity contribution in [2.45, 2.75) is 58.3 Å². The van der Waals surface area contributed by atoms with Gasteiger partial charge in [-0.15, -0.1) is 21.9 Å². The van der Waals surface area contributed by atoms with Crippen LogP contribution in [0.2, 0.25) is 0 Å². The third-order valence-electron chi connectivity index (χ3n) is 26.3. The monoisotopic (exact) mass is 1560 g/mol. The molecule has 4 nitrogen and oxygen atoms in total. The van der Waals surface area contributed by atoms with E-state index in [2.05, 4.69) is 356 Å². The minimum Gasteiger partial charge on any atom is -0.456 e. The standard InChI is InChI=1S/C111H73B9N2O2/c1-110(2,3)73-42-35-61(36-43-73)70-53-78(63-23-11-7-12-24-63)94(79(54-70)64-25-13-8-14-26-64)95-84-60-75(121-108-96(98(112)100(114)102(116)104(108)118)97-99(113)101(115)103(117)105(119)109(97)121)46-48-86(84)120-87-47-39-69(67-40-49-92-82(51-67)76-31-19-21-33-90(76)123-92)58-88(87)122(89-59-72(57-85(95)106(89)120)68-41-50-93-83(52-68)77-32-20-22-34-91(77)124-93)107-80(65-27-15-9-16-28-65)55-71(56-81(107)66-29-17-10-18-30-66)62-37-44-74(45-38-62)111(4,5)6/h7-60,95H,1-6H3. The summed E-state index contributed by atoms with van der Waals surface area (Å²) in [5.41, 5.74) is 34.5. The average Bonchev–Trinajstić information content (AvgIpc) is 1.22. The summed E-state index contributed by atoms with van der Waals surface area (Å²) < 4.78 is 15.4. The Hall–Kier alpha value is -13.5. The van der Waals surface area contributed by atoms with E-state index in [0.29, 0.717) is 27.5 Å². The van der Waals surface area contributed by atoms with Crippen molar-refractivity contribution in [3.05, 3.63) is 355 Å². The lowest BCUT2D eigenvalue weighted by molar-refractivity contribution is 0.590. The molecule has 0 amide bonds. The first kappa shape index (κ1) is 76.6. The highest BCUT2D eigenvalue weighted by Gasteiger charge is 2.47. The summed E-state index contributed by atoms with van der Waals surface area (Å²) in [6, 6.07) is 121. The van der Waals surface area contributed by atoms with Crippen LogP contribution in [0, 0.1) is 0 Å². The fourth-order valence-electron chi connectivity index (χ4n) is 19.9. The quantitative estimate of drug-likeness (QED) is 0.121. The first-order valence-corrected chi connectivity index (χ1v) is 42.3. The molecule has 0 saturated carbocycles. The largest absolute Gasteiger partial charge is 0.456 e. The van der Waals surface area contributed by atoms with Crippen LogP contribution < -0.4 is 65.0 Å². The lowest BCUT2D eigenvalue weighted by atomic mass is 9.31. The zero-order chi connectivity index (χ0) is 84.6. The second-order valence-corrected chi connectivity index (χ2v) is 35.5. The highest BCUT2D eigenvalue weighted by molar-refractivity contribution is 6.99. The maximum atomic E-state index is 7.47. The zero-order valence-electron chi connectivity index (χ0n) is 69.7. The van der Waals surface area contributed by atoms with Crippen molar-refractivity contribution in [3.8, 4) is 94.7 Å². The van der Waals surface area contributed by atoms with Crippen LogP contribution in [0.3, 0.4) is 0 Å². The van der Waals surface area contributed by atoms with E-state index in [9.17, 15) is 0 Å². The second-order valence-electron chi connectivity index (χ2n) is 35.5. The predicted molar refractivity (Wildman–Crippen MR) is 532 cm³/mol. The van der Waals surface area contributed by atoms with Crippen LogP contribution in [0.15, 0.2) is 336 Å². The van der Waals surface area contributed by atoms with E-state index < -0.39 is 12.6 Å². The van der Waals surface area contributed by atoms with E-state index >= 15 is 0 Å². The van der Waals surface area contributed by atoms with Gasteiger partial charge >= 0.3 is 0 Å². The topological polar surface area (TPSA) is 34.5 Å². The molecule has 1 unspecified atom stereocenters. The summed E-state index contributed by atoms with van der Waals surface area (Å²) >= 11 is 0. The smallest absolute Gasteiger partial charge is 0.247 e. The van der Waals surface area contributed by atoms with Crippen molar-refractivity contribution in [1.82, 2.24) is 4.57 Å². The predicted octanol–water partition coefficient (Wildman–Crippen LogP) is 18.7. The first-order valence-electron chi connectivity index (χ1n) is 42.3. The van der Waals surface area contributed by atoms with Gasteiger partial charge in [-0.25, -0.2) is 0 Å². The number of benzene rings is 17. The van der Waals surface area contributed by atoms with Crippen LogP contribution >= 0.6 is 0 Å². The van der Waals surface area contributed by atoms with Gasteiger partial charge < -0.3 is 18.3 Å². The third-order valence-corrected chi connectivity index (χ3v) is 26.3. The molecule has 124 heavy (non-hydrogen) atoms. The van der Waals surface area contributed by atoms with E-state index in [1.165, 1.54) is 11.1 Å². The van der Waals surface area contributed by atoms with Crippen molar-refractivity contribution < 1.29 is 8.83 Å². The van der Waals surface area contributed by atoms with Crippen molar-refractivity contribution >= 4 is 212 Å². The molecule has 0 spiro atoms. The Labute approximate surface area is 733 Å². The van der Waals surface area contributed by atoms with Gasteiger partial charge in [-0.1, -0.05) is 312 Å². The Morgan fingerprint density at radius 2 is 0.653 bits per heavy atom. The van der Waals surface area contributed by atoms with Crippen molar-refractivity contribution in [2.75, 3.05) is 4.90 Å². The number of hydrogen-bond acceptors (Lipinski definition) is 3. The molecule has 0 aliphatic carbocycles. The molecule has 5 heterocycles. The van der Waals surface area contributed by atoms with Crippen molar-refractivity contribution in [1.29, 1.82) is 0 Å². The lowest BCUT2D eigenvalue weighted by Crippen LogP contribution is -2.62. The van der Waals surface area contributed by atoms with Crippen LogP contribution in [0.5, 0.6) is 0 Å². The van der Waals surface area contributed by atoms with Gasteiger partial charge in [0.2, 0.25) is 6.71 Å². The zero-order valence-corrected chi connectivity index (χ0v) is 69.7. The molecule has 0 fully saturated rings. The van der Waals surface area contributed by atoms with E-state index in [1.807, 2.05) is 22.8 Å². The van der Waals surface area contributed by atoms with Gasteiger partial charge in [-0.05, 0) is 223 Å². The van der Waals surface area contributed by atoms with Gasteiger partial charge in [-0.3, -0.25) is 0 Å². The molecule has 0 saturated heterocycles. The fraction of sp³-hybridized carbons (Fsp3) is 0.0811. The summed E-state index contributed by atoms with van der Waals surface area (Å²) in [5.74, 6) is -0.625. The maximum absolute atomic E-state index is 7.47. The molecule has 566 valence electrons. The summed E-state index contributed by atoms with van der Waals surface area (Å²) in [6.07, 6.45) is 0. The normalized spacial score (nSPS) is 13.2. The Morgan fingerprint density at radius 3 is 1.12 bits per heavy atom. The number of anilines is 3.